The molecule has 0 aliphatic carbocycles. The summed E-state index contributed by atoms with van der Waals surface area (Å²) in [6.45, 7) is 6.38. The van der Waals surface area contributed by atoms with Gasteiger partial charge in [-0.2, -0.15) is 0 Å². The zero-order valence-corrected chi connectivity index (χ0v) is 20.0. The number of esters is 1. The van der Waals surface area contributed by atoms with Crippen LogP contribution in [0.3, 0.4) is 0 Å². The second-order valence-corrected chi connectivity index (χ2v) is 8.19. The molecule has 0 bridgehead atoms. The summed E-state index contributed by atoms with van der Waals surface area (Å²) >= 11 is 0. The predicted molar refractivity (Wildman–Crippen MR) is 123 cm³/mol. The van der Waals surface area contributed by atoms with Gasteiger partial charge in [-0.1, -0.05) is 0 Å². The van der Waals surface area contributed by atoms with Gasteiger partial charge in [-0.15, -0.1) is 0 Å². The van der Waals surface area contributed by atoms with Gasteiger partial charge in [-0.05, 0) is 63.4 Å². The molecule has 0 N–H and O–H groups in total. The lowest BCUT2D eigenvalue weighted by molar-refractivity contribution is 0.0505. The van der Waals surface area contributed by atoms with Crippen LogP contribution in [0.5, 0.6) is 5.75 Å². The number of carbonyl (C=O) groups is 3. The first-order chi connectivity index (χ1) is 15.8. The number of hydrogen-bond donors (Lipinski definition) is 0. The van der Waals surface area contributed by atoms with Crippen LogP contribution in [-0.2, 0) is 16.5 Å². The molecule has 0 unspecified atom stereocenters. The number of methoxy groups -OCH3 is 1. The highest BCUT2D eigenvalue weighted by atomic mass is 16.5. The molecule has 3 rings (SSSR count). The van der Waals surface area contributed by atoms with Crippen molar-refractivity contribution in [1.29, 1.82) is 0 Å². The van der Waals surface area contributed by atoms with Gasteiger partial charge in [0.2, 0.25) is 0 Å². The van der Waals surface area contributed by atoms with Gasteiger partial charge < -0.3 is 23.7 Å². The fourth-order valence-electron chi connectivity index (χ4n) is 4.30. The lowest BCUT2D eigenvalue weighted by atomic mass is 10.0. The van der Waals surface area contributed by atoms with Gasteiger partial charge in [0.15, 0.2) is 5.78 Å². The zero-order chi connectivity index (χ0) is 24.1. The Hall–Kier alpha value is -3.13. The standard InChI is InChI=1S/C25H32N2O6/c1-6-32-25(30)23-16(2)22(17(3)26(23)4)21(28)15-27(14-20-8-7-13-33-20)24(29)18-9-11-19(31-5)12-10-18/h9-12,20H,6-8,13-15H2,1-5H3/t20-/m0/s1. The molecule has 1 amide bonds. The maximum atomic E-state index is 13.4. The fourth-order valence-corrected chi connectivity index (χ4v) is 4.30. The van der Waals surface area contributed by atoms with Gasteiger partial charge in [0.25, 0.3) is 5.91 Å². The Morgan fingerprint density at radius 3 is 2.45 bits per heavy atom. The molecule has 1 aliphatic rings. The highest BCUT2D eigenvalue weighted by Gasteiger charge is 2.30. The van der Waals surface area contributed by atoms with E-state index in [1.165, 1.54) is 4.90 Å². The molecular weight excluding hydrogens is 424 g/mol. The average molecular weight is 457 g/mol. The monoisotopic (exact) mass is 456 g/mol. The number of Topliss-reactive ketones (excluding diaryl/α,β-unsaturated/α-hetero) is 1. The molecule has 1 saturated heterocycles. The van der Waals surface area contributed by atoms with Crippen molar-refractivity contribution in [3.05, 3.63) is 52.3 Å². The topological polar surface area (TPSA) is 87.1 Å². The Balaban J connectivity index is 1.89. The van der Waals surface area contributed by atoms with Crippen LogP contribution in [0.2, 0.25) is 0 Å². The van der Waals surface area contributed by atoms with Crippen LogP contribution in [0.4, 0.5) is 0 Å². The van der Waals surface area contributed by atoms with E-state index >= 15 is 0 Å². The number of ketones is 1. The molecule has 0 radical (unpaired) electrons. The summed E-state index contributed by atoms with van der Waals surface area (Å²) < 4.78 is 17.7. The number of benzene rings is 1. The SMILES string of the molecule is CCOC(=O)c1c(C)c(C(=O)CN(C[C@@H]2CCCO2)C(=O)c2ccc(OC)cc2)c(C)n1C. The predicted octanol–water partition coefficient (Wildman–Crippen LogP) is 3.33. The zero-order valence-electron chi connectivity index (χ0n) is 20.0. The molecule has 8 heteroatoms. The largest absolute Gasteiger partial charge is 0.497 e. The smallest absolute Gasteiger partial charge is 0.355 e. The molecule has 2 aromatic rings. The maximum absolute atomic E-state index is 13.4. The van der Waals surface area contributed by atoms with Gasteiger partial charge >= 0.3 is 5.97 Å². The summed E-state index contributed by atoms with van der Waals surface area (Å²) in [7, 11) is 3.30. The van der Waals surface area contributed by atoms with Gasteiger partial charge in [0.1, 0.15) is 11.4 Å². The third kappa shape index (κ3) is 5.27. The summed E-state index contributed by atoms with van der Waals surface area (Å²) in [4.78, 5) is 40.7. The Morgan fingerprint density at radius 1 is 1.18 bits per heavy atom. The van der Waals surface area contributed by atoms with Crippen molar-refractivity contribution in [2.24, 2.45) is 7.05 Å². The van der Waals surface area contributed by atoms with Crippen molar-refractivity contribution in [3.63, 3.8) is 0 Å². The number of rotatable bonds is 9. The van der Waals surface area contributed by atoms with Gasteiger partial charge in [0.05, 0.1) is 26.4 Å². The lowest BCUT2D eigenvalue weighted by Gasteiger charge is -2.25. The first kappa shape index (κ1) is 24.5. The number of carbonyl (C=O) groups excluding carboxylic acids is 3. The molecule has 2 heterocycles. The highest BCUT2D eigenvalue weighted by Crippen LogP contribution is 2.24. The molecule has 8 nitrogen and oxygen atoms in total. The van der Waals surface area contributed by atoms with Gasteiger partial charge in [-0.25, -0.2) is 4.79 Å². The highest BCUT2D eigenvalue weighted by molar-refractivity contribution is 6.06. The Kier molecular flexibility index (Phi) is 7.92. The van der Waals surface area contributed by atoms with E-state index in [4.69, 9.17) is 14.2 Å². The van der Waals surface area contributed by atoms with Crippen molar-refractivity contribution in [2.75, 3.05) is 33.4 Å². The number of nitrogens with zero attached hydrogens (tertiary/aromatic N) is 2. The van der Waals surface area contributed by atoms with Gasteiger partial charge in [0, 0.05) is 37.0 Å². The summed E-state index contributed by atoms with van der Waals surface area (Å²) in [5.74, 6) is -0.296. The van der Waals surface area contributed by atoms with E-state index in [2.05, 4.69) is 0 Å². The lowest BCUT2D eigenvalue weighted by Crippen LogP contribution is -2.41. The number of amides is 1. The second-order valence-electron chi connectivity index (χ2n) is 8.19. The minimum Gasteiger partial charge on any atom is -0.497 e. The van der Waals surface area contributed by atoms with E-state index in [0.717, 1.165) is 12.8 Å². The fraction of sp³-hybridized carbons (Fsp3) is 0.480. The third-order valence-electron chi connectivity index (χ3n) is 6.08. The number of ether oxygens (including phenoxy) is 3. The van der Waals surface area contributed by atoms with E-state index in [0.29, 0.717) is 47.0 Å². The molecular formula is C25H32N2O6. The van der Waals surface area contributed by atoms with E-state index < -0.39 is 5.97 Å². The molecule has 178 valence electrons. The summed E-state index contributed by atoms with van der Waals surface area (Å²) in [5, 5.41) is 0. The molecule has 1 aromatic carbocycles. The van der Waals surface area contributed by atoms with E-state index in [9.17, 15) is 14.4 Å². The van der Waals surface area contributed by atoms with Crippen molar-refractivity contribution < 1.29 is 28.6 Å². The second kappa shape index (κ2) is 10.7. The van der Waals surface area contributed by atoms with Crippen LogP contribution in [-0.4, -0.2) is 66.6 Å². The number of hydrogen-bond acceptors (Lipinski definition) is 6. The summed E-state index contributed by atoms with van der Waals surface area (Å²) in [6, 6.07) is 6.81. The molecule has 33 heavy (non-hydrogen) atoms. The summed E-state index contributed by atoms with van der Waals surface area (Å²) in [6.07, 6.45) is 1.67. The molecule has 1 aliphatic heterocycles. The van der Waals surface area contributed by atoms with Crippen molar-refractivity contribution in [3.8, 4) is 5.75 Å². The van der Waals surface area contributed by atoms with Crippen LogP contribution in [0.15, 0.2) is 24.3 Å². The molecule has 1 atom stereocenters. The first-order valence-corrected chi connectivity index (χ1v) is 11.2. The van der Waals surface area contributed by atoms with Crippen molar-refractivity contribution in [2.45, 2.75) is 39.7 Å². The molecule has 0 saturated carbocycles. The van der Waals surface area contributed by atoms with E-state index in [1.807, 2.05) is 0 Å². The summed E-state index contributed by atoms with van der Waals surface area (Å²) in [5.41, 5.74) is 2.49. The van der Waals surface area contributed by atoms with Crippen LogP contribution in [0.25, 0.3) is 0 Å². The van der Waals surface area contributed by atoms with Crippen LogP contribution in [0.1, 0.15) is 62.2 Å². The minimum atomic E-state index is -0.467. The molecule has 0 spiro atoms. The average Bonchev–Trinajstić information content (AvgIpc) is 3.39. The van der Waals surface area contributed by atoms with E-state index in [1.54, 1.807) is 63.8 Å². The van der Waals surface area contributed by atoms with Crippen molar-refractivity contribution >= 4 is 17.7 Å². The van der Waals surface area contributed by atoms with Crippen LogP contribution < -0.4 is 4.74 Å². The van der Waals surface area contributed by atoms with Crippen molar-refractivity contribution in [1.82, 2.24) is 9.47 Å². The minimum absolute atomic E-state index is 0.104. The quantitative estimate of drug-likeness (QED) is 0.425. The Morgan fingerprint density at radius 2 is 1.88 bits per heavy atom. The Labute approximate surface area is 194 Å². The first-order valence-electron chi connectivity index (χ1n) is 11.2. The third-order valence-corrected chi connectivity index (χ3v) is 6.08. The Bertz CT molecular complexity index is 1020. The van der Waals surface area contributed by atoms with Crippen LogP contribution in [0, 0.1) is 13.8 Å². The number of aromatic nitrogens is 1. The van der Waals surface area contributed by atoms with Gasteiger partial charge in [-0.3, -0.25) is 9.59 Å². The normalized spacial score (nSPS) is 15.4. The molecule has 1 fully saturated rings. The maximum Gasteiger partial charge on any atom is 0.355 e. The molecule has 1 aromatic heterocycles. The van der Waals surface area contributed by atoms with E-state index in [-0.39, 0.29) is 30.9 Å². The van der Waals surface area contributed by atoms with Crippen LogP contribution >= 0.6 is 0 Å².